The summed E-state index contributed by atoms with van der Waals surface area (Å²) in [6, 6.07) is 16.3. The molecule has 164 valence electrons. The Hall–Kier alpha value is -4.14. The van der Waals surface area contributed by atoms with Crippen LogP contribution in [0.1, 0.15) is 22.1 Å². The van der Waals surface area contributed by atoms with Crippen molar-refractivity contribution >= 4 is 16.9 Å². The lowest BCUT2D eigenvalue weighted by molar-refractivity contribution is 0.0927. The molecule has 1 unspecified atom stereocenters. The van der Waals surface area contributed by atoms with Crippen LogP contribution in [0.3, 0.4) is 0 Å². The molecule has 32 heavy (non-hydrogen) atoms. The van der Waals surface area contributed by atoms with Gasteiger partial charge in [-0.05, 0) is 42.0 Å². The van der Waals surface area contributed by atoms with Crippen molar-refractivity contribution in [3.8, 4) is 17.2 Å². The minimum Gasteiger partial charge on any atom is -0.493 e. The highest BCUT2D eigenvalue weighted by Crippen LogP contribution is 2.38. The molecule has 0 aliphatic rings. The summed E-state index contributed by atoms with van der Waals surface area (Å²) < 4.78 is 31.1. The molecule has 8 nitrogen and oxygen atoms in total. The number of amides is 1. The first-order valence-electron chi connectivity index (χ1n) is 9.72. The molecular formula is C23H21FN4O4. The number of nitrogens with one attached hydrogen (secondary N) is 1. The summed E-state index contributed by atoms with van der Waals surface area (Å²) in [7, 11) is 4.43. The summed E-state index contributed by atoms with van der Waals surface area (Å²) in [4.78, 5) is 13.3. The van der Waals surface area contributed by atoms with Crippen molar-refractivity contribution in [2.24, 2.45) is 0 Å². The maximum Gasteiger partial charge on any atom is 0.253 e. The number of nitrogens with zero attached hydrogens (tertiary/aromatic N) is 3. The van der Waals surface area contributed by atoms with Gasteiger partial charge in [-0.2, -0.15) is 0 Å². The van der Waals surface area contributed by atoms with E-state index in [1.807, 2.05) is 24.3 Å². The van der Waals surface area contributed by atoms with Crippen molar-refractivity contribution < 1.29 is 23.4 Å². The van der Waals surface area contributed by atoms with Gasteiger partial charge < -0.3 is 19.5 Å². The van der Waals surface area contributed by atoms with Crippen LogP contribution in [0.25, 0.3) is 11.0 Å². The lowest BCUT2D eigenvalue weighted by atomic mass is 10.1. The zero-order valence-electron chi connectivity index (χ0n) is 17.7. The average Bonchev–Trinajstić information content (AvgIpc) is 3.26. The van der Waals surface area contributed by atoms with Crippen molar-refractivity contribution in [3.05, 3.63) is 77.6 Å². The fourth-order valence-corrected chi connectivity index (χ4v) is 3.43. The van der Waals surface area contributed by atoms with Crippen molar-refractivity contribution in [3.63, 3.8) is 0 Å². The number of aromatic nitrogens is 3. The summed E-state index contributed by atoms with van der Waals surface area (Å²) in [5, 5.41) is 11.3. The number of benzene rings is 3. The first-order chi connectivity index (χ1) is 15.5. The Bertz CT molecular complexity index is 1230. The van der Waals surface area contributed by atoms with Crippen LogP contribution in [0.15, 0.2) is 60.7 Å². The van der Waals surface area contributed by atoms with Gasteiger partial charge in [0.2, 0.25) is 5.75 Å². The van der Waals surface area contributed by atoms with Crippen LogP contribution in [0.4, 0.5) is 4.39 Å². The van der Waals surface area contributed by atoms with Crippen LogP contribution in [-0.4, -0.2) is 42.2 Å². The first kappa shape index (κ1) is 21.1. The Labute approximate surface area is 183 Å². The zero-order valence-corrected chi connectivity index (χ0v) is 17.7. The second kappa shape index (κ2) is 8.93. The molecule has 1 heterocycles. The fourth-order valence-electron chi connectivity index (χ4n) is 3.43. The zero-order chi connectivity index (χ0) is 22.7. The summed E-state index contributed by atoms with van der Waals surface area (Å²) in [6.07, 6.45) is -0.741. The minimum atomic E-state index is -0.741. The Morgan fingerprint density at radius 1 is 0.969 bits per heavy atom. The van der Waals surface area contributed by atoms with Gasteiger partial charge in [0.1, 0.15) is 11.3 Å². The fraction of sp³-hybridized carbons (Fsp3) is 0.174. The minimum absolute atomic E-state index is 0.288. The Balaban J connectivity index is 1.76. The van der Waals surface area contributed by atoms with Crippen LogP contribution in [0.5, 0.6) is 17.2 Å². The second-order valence-corrected chi connectivity index (χ2v) is 6.86. The normalized spacial score (nSPS) is 11.8. The molecule has 1 N–H and O–H groups in total. The van der Waals surface area contributed by atoms with E-state index in [0.717, 1.165) is 0 Å². The number of carbonyl (C=O) groups is 1. The highest BCUT2D eigenvalue weighted by Gasteiger charge is 2.23. The molecule has 1 aromatic heterocycles. The molecular weight excluding hydrogens is 415 g/mol. The number of rotatable bonds is 7. The van der Waals surface area contributed by atoms with Gasteiger partial charge >= 0.3 is 0 Å². The van der Waals surface area contributed by atoms with E-state index in [9.17, 15) is 9.18 Å². The van der Waals surface area contributed by atoms with Crippen molar-refractivity contribution in [1.82, 2.24) is 20.3 Å². The standard InChI is InChI=1S/C23H21FN4O4/c1-30-19-12-15(13-20(31-2)21(19)32-3)23(29)25-22(14-8-10-16(24)11-9-14)28-18-7-5-4-6-17(18)26-27-28/h4-13,22H,1-3H3,(H,25,29). The number of methoxy groups -OCH3 is 3. The number of hydrogen-bond acceptors (Lipinski definition) is 6. The van der Waals surface area contributed by atoms with E-state index in [1.165, 1.54) is 33.5 Å². The summed E-state index contributed by atoms with van der Waals surface area (Å²) in [6.45, 7) is 0. The number of hydrogen-bond donors (Lipinski definition) is 1. The van der Waals surface area contributed by atoms with Gasteiger partial charge in [-0.15, -0.1) is 5.10 Å². The lowest BCUT2D eigenvalue weighted by Crippen LogP contribution is -2.34. The van der Waals surface area contributed by atoms with E-state index >= 15 is 0 Å². The van der Waals surface area contributed by atoms with E-state index in [-0.39, 0.29) is 11.4 Å². The molecule has 0 aliphatic heterocycles. The van der Waals surface area contributed by atoms with Gasteiger partial charge in [-0.1, -0.05) is 29.5 Å². The molecule has 9 heteroatoms. The van der Waals surface area contributed by atoms with E-state index in [2.05, 4.69) is 15.6 Å². The van der Waals surface area contributed by atoms with Crippen molar-refractivity contribution in [2.75, 3.05) is 21.3 Å². The molecule has 1 amide bonds. The maximum atomic E-state index is 13.5. The van der Waals surface area contributed by atoms with Crippen LogP contribution in [0.2, 0.25) is 0 Å². The molecule has 4 rings (SSSR count). The smallest absolute Gasteiger partial charge is 0.253 e. The average molecular weight is 436 g/mol. The Morgan fingerprint density at radius 2 is 1.62 bits per heavy atom. The SMILES string of the molecule is COc1cc(C(=O)NC(c2ccc(F)cc2)n2nnc3ccccc32)cc(OC)c1OC. The van der Waals surface area contributed by atoms with E-state index in [0.29, 0.717) is 33.8 Å². The highest BCUT2D eigenvalue weighted by molar-refractivity contribution is 5.96. The quantitative estimate of drug-likeness (QED) is 0.477. The lowest BCUT2D eigenvalue weighted by Gasteiger charge is -2.21. The largest absolute Gasteiger partial charge is 0.493 e. The molecule has 0 saturated carbocycles. The molecule has 0 fully saturated rings. The second-order valence-electron chi connectivity index (χ2n) is 6.86. The van der Waals surface area contributed by atoms with E-state index in [1.54, 1.807) is 28.9 Å². The third-order valence-electron chi connectivity index (χ3n) is 5.00. The third-order valence-corrected chi connectivity index (χ3v) is 5.00. The van der Waals surface area contributed by atoms with Gasteiger partial charge in [0.25, 0.3) is 5.91 Å². The third kappa shape index (κ3) is 3.92. The molecule has 0 aliphatic carbocycles. The van der Waals surface area contributed by atoms with Crippen LogP contribution in [0, 0.1) is 5.82 Å². The topological polar surface area (TPSA) is 87.5 Å². The monoisotopic (exact) mass is 436 g/mol. The Morgan fingerprint density at radius 3 is 2.25 bits per heavy atom. The number of fused-ring (bicyclic) bond motifs is 1. The molecule has 0 saturated heterocycles. The van der Waals surface area contributed by atoms with Gasteiger partial charge in [-0.25, -0.2) is 9.07 Å². The van der Waals surface area contributed by atoms with Gasteiger partial charge in [0, 0.05) is 5.56 Å². The van der Waals surface area contributed by atoms with Crippen molar-refractivity contribution in [2.45, 2.75) is 6.17 Å². The molecule has 0 radical (unpaired) electrons. The van der Waals surface area contributed by atoms with Gasteiger partial charge in [0.15, 0.2) is 17.7 Å². The first-order valence-corrected chi connectivity index (χ1v) is 9.72. The number of ether oxygens (including phenoxy) is 3. The molecule has 0 spiro atoms. The molecule has 3 aromatic carbocycles. The Kier molecular flexibility index (Phi) is 5.89. The highest BCUT2D eigenvalue weighted by atomic mass is 19.1. The van der Waals surface area contributed by atoms with E-state index < -0.39 is 12.1 Å². The summed E-state index contributed by atoms with van der Waals surface area (Å²) in [5.41, 5.74) is 2.30. The number of para-hydroxylation sites is 1. The number of carbonyl (C=O) groups excluding carboxylic acids is 1. The van der Waals surface area contributed by atoms with Gasteiger partial charge in [0.05, 0.1) is 26.8 Å². The van der Waals surface area contributed by atoms with Crippen LogP contribution < -0.4 is 19.5 Å². The summed E-state index contributed by atoms with van der Waals surface area (Å²) >= 11 is 0. The predicted molar refractivity (Wildman–Crippen MR) is 116 cm³/mol. The predicted octanol–water partition coefficient (Wildman–Crippen LogP) is 3.57. The van der Waals surface area contributed by atoms with E-state index in [4.69, 9.17) is 14.2 Å². The van der Waals surface area contributed by atoms with Crippen LogP contribution >= 0.6 is 0 Å². The molecule has 1 atom stereocenters. The van der Waals surface area contributed by atoms with Crippen molar-refractivity contribution in [1.29, 1.82) is 0 Å². The maximum absolute atomic E-state index is 13.5. The van der Waals surface area contributed by atoms with Gasteiger partial charge in [-0.3, -0.25) is 4.79 Å². The summed E-state index contributed by atoms with van der Waals surface area (Å²) in [5.74, 6) is 0.275. The van der Waals surface area contributed by atoms with Crippen LogP contribution in [-0.2, 0) is 0 Å². The molecule has 0 bridgehead atoms. The molecule has 4 aromatic rings. The number of halogens is 1.